The average Bonchev–Trinajstić information content (AvgIpc) is 2.50. The van der Waals surface area contributed by atoms with Gasteiger partial charge in [0.25, 0.3) is 0 Å². The van der Waals surface area contributed by atoms with Crippen LogP contribution in [0.5, 0.6) is 0 Å². The van der Waals surface area contributed by atoms with Crippen molar-refractivity contribution in [2.75, 3.05) is 11.5 Å². The molecule has 1 atom stereocenters. The molecule has 0 bridgehead atoms. The number of hydrogen-bond acceptors (Lipinski definition) is 4. The van der Waals surface area contributed by atoms with E-state index in [-0.39, 0.29) is 5.75 Å². The van der Waals surface area contributed by atoms with Gasteiger partial charge in [-0.3, -0.25) is 4.79 Å². The van der Waals surface area contributed by atoms with E-state index in [0.29, 0.717) is 0 Å². The summed E-state index contributed by atoms with van der Waals surface area (Å²) in [7, 11) is 0. The molecule has 0 saturated carbocycles. The number of thioether (sulfide) groups is 1. The summed E-state index contributed by atoms with van der Waals surface area (Å²) >= 11 is 1.29. The molecular weight excluding hydrogens is 340 g/mol. The molecule has 5 nitrogen and oxygen atoms in total. The van der Waals surface area contributed by atoms with Crippen LogP contribution < -0.4 is 0 Å². The monoisotopic (exact) mass is 368 g/mol. The minimum atomic E-state index is -2.18. The highest BCUT2D eigenvalue weighted by atomic mass is 32.2. The predicted molar refractivity (Wildman–Crippen MR) is 100 cm³/mol. The Bertz CT molecular complexity index is 587. The van der Waals surface area contributed by atoms with E-state index in [1.165, 1.54) is 28.5 Å². The first-order valence-corrected chi connectivity index (χ1v) is 9.71. The molecule has 1 rings (SSSR count). The third kappa shape index (κ3) is 7.92. The molecule has 25 heavy (non-hydrogen) atoms. The molecule has 0 aliphatic carbocycles. The van der Waals surface area contributed by atoms with Crippen LogP contribution in [0.15, 0.2) is 18.2 Å². The first-order valence-electron chi connectivity index (χ1n) is 8.56. The second kappa shape index (κ2) is 10.5. The average molecular weight is 368 g/mol. The van der Waals surface area contributed by atoms with Crippen molar-refractivity contribution in [3.05, 3.63) is 34.9 Å². The van der Waals surface area contributed by atoms with Gasteiger partial charge in [0.05, 0.1) is 6.42 Å². The maximum Gasteiger partial charge on any atom is 0.337 e. The molecule has 1 unspecified atom stereocenters. The van der Waals surface area contributed by atoms with Crippen LogP contribution >= 0.6 is 11.8 Å². The third-order valence-corrected chi connectivity index (χ3v) is 5.42. The summed E-state index contributed by atoms with van der Waals surface area (Å²) in [4.78, 5) is 21.7. The van der Waals surface area contributed by atoms with Crippen LogP contribution in [-0.4, -0.2) is 44.4 Å². The van der Waals surface area contributed by atoms with Gasteiger partial charge in [0.15, 0.2) is 5.60 Å². The lowest BCUT2D eigenvalue weighted by Gasteiger charge is -2.20. The van der Waals surface area contributed by atoms with E-state index in [0.717, 1.165) is 37.9 Å². The van der Waals surface area contributed by atoms with Crippen LogP contribution in [0, 0.1) is 13.8 Å². The minimum Gasteiger partial charge on any atom is -0.481 e. The quantitative estimate of drug-likeness (QED) is 0.489. The number of rotatable bonds is 12. The molecule has 1 aromatic rings. The lowest BCUT2D eigenvalue weighted by Crippen LogP contribution is -2.43. The van der Waals surface area contributed by atoms with Gasteiger partial charge < -0.3 is 15.3 Å². The summed E-state index contributed by atoms with van der Waals surface area (Å²) < 4.78 is 0. The summed E-state index contributed by atoms with van der Waals surface area (Å²) in [5.74, 6) is -2.16. The Hall–Kier alpha value is -1.53. The fourth-order valence-electron chi connectivity index (χ4n) is 2.68. The molecule has 0 saturated heterocycles. The second-order valence-electron chi connectivity index (χ2n) is 6.55. The fourth-order valence-corrected chi connectivity index (χ4v) is 3.79. The normalized spacial score (nSPS) is 13.4. The molecule has 0 aliphatic rings. The molecule has 0 radical (unpaired) electrons. The van der Waals surface area contributed by atoms with E-state index >= 15 is 0 Å². The lowest BCUT2D eigenvalue weighted by molar-refractivity contribution is -0.162. The molecule has 0 aliphatic heterocycles. The molecule has 6 heteroatoms. The van der Waals surface area contributed by atoms with Gasteiger partial charge in [-0.05, 0) is 50.0 Å². The number of benzene rings is 1. The molecule has 1 aromatic carbocycles. The van der Waals surface area contributed by atoms with E-state index in [2.05, 4.69) is 32.0 Å². The Balaban J connectivity index is 2.17. The topological polar surface area (TPSA) is 94.8 Å². The number of carbonyl (C=O) groups is 2. The number of hydrogen-bond donors (Lipinski definition) is 3. The van der Waals surface area contributed by atoms with E-state index < -0.39 is 24.0 Å². The summed E-state index contributed by atoms with van der Waals surface area (Å²) in [6, 6.07) is 6.53. The highest BCUT2D eigenvalue weighted by Crippen LogP contribution is 2.20. The first kappa shape index (κ1) is 21.5. The maximum atomic E-state index is 11.0. The summed E-state index contributed by atoms with van der Waals surface area (Å²) in [5, 5.41) is 27.5. The fraction of sp³-hybridized carbons (Fsp3) is 0.579. The second-order valence-corrected chi connectivity index (χ2v) is 7.66. The Morgan fingerprint density at radius 3 is 2.36 bits per heavy atom. The van der Waals surface area contributed by atoms with Gasteiger partial charge in [-0.15, -0.1) is 0 Å². The summed E-state index contributed by atoms with van der Waals surface area (Å²) in [6.07, 6.45) is 4.49. The predicted octanol–water partition coefficient (Wildman–Crippen LogP) is 3.43. The summed E-state index contributed by atoms with van der Waals surface area (Å²) in [5.41, 5.74) is 1.82. The van der Waals surface area contributed by atoms with Gasteiger partial charge in [0.1, 0.15) is 0 Å². The lowest BCUT2D eigenvalue weighted by atomic mass is 10.00. The largest absolute Gasteiger partial charge is 0.481 e. The number of unbranched alkanes of at least 4 members (excludes halogenated alkanes) is 3. The van der Waals surface area contributed by atoms with Gasteiger partial charge in [0, 0.05) is 5.75 Å². The van der Waals surface area contributed by atoms with Crippen molar-refractivity contribution >= 4 is 23.7 Å². The van der Waals surface area contributed by atoms with E-state index in [1.807, 2.05) is 0 Å². The van der Waals surface area contributed by atoms with Gasteiger partial charge >= 0.3 is 11.9 Å². The van der Waals surface area contributed by atoms with Crippen molar-refractivity contribution in [1.29, 1.82) is 0 Å². The van der Waals surface area contributed by atoms with E-state index in [4.69, 9.17) is 10.2 Å². The zero-order valence-electron chi connectivity index (χ0n) is 15.0. The number of aliphatic carboxylic acids is 2. The zero-order valence-corrected chi connectivity index (χ0v) is 15.8. The molecule has 0 heterocycles. The van der Waals surface area contributed by atoms with Gasteiger partial charge in [-0.25, -0.2) is 4.79 Å². The Kier molecular flexibility index (Phi) is 9.00. The standard InChI is InChI=1S/C19H28O5S/c1-14-8-9-16(15(2)11-14)7-5-3-4-6-10-25-13-19(24,18(22)23)12-17(20)21/h8-9,11,24H,3-7,10,12-13H2,1-2H3,(H,20,21)(H,22,23). The smallest absolute Gasteiger partial charge is 0.337 e. The van der Waals surface area contributed by atoms with Crippen LogP contribution in [0.1, 0.15) is 48.8 Å². The van der Waals surface area contributed by atoms with Crippen LogP contribution in [0.4, 0.5) is 0 Å². The van der Waals surface area contributed by atoms with Crippen LogP contribution in [0.25, 0.3) is 0 Å². The molecule has 0 fully saturated rings. The van der Waals surface area contributed by atoms with Crippen molar-refractivity contribution in [2.24, 2.45) is 0 Å². The Morgan fingerprint density at radius 2 is 1.76 bits per heavy atom. The van der Waals surface area contributed by atoms with Crippen molar-refractivity contribution < 1.29 is 24.9 Å². The van der Waals surface area contributed by atoms with Gasteiger partial charge in [-0.2, -0.15) is 11.8 Å². The van der Waals surface area contributed by atoms with E-state index in [9.17, 15) is 14.7 Å². The van der Waals surface area contributed by atoms with Gasteiger partial charge in [0.2, 0.25) is 0 Å². The molecule has 140 valence electrons. The van der Waals surface area contributed by atoms with Crippen molar-refractivity contribution in [3.8, 4) is 0 Å². The van der Waals surface area contributed by atoms with Crippen LogP contribution in [-0.2, 0) is 16.0 Å². The first-order chi connectivity index (χ1) is 11.7. The van der Waals surface area contributed by atoms with Crippen LogP contribution in [0.2, 0.25) is 0 Å². The number of carboxylic acids is 2. The molecular formula is C19H28O5S. The van der Waals surface area contributed by atoms with Crippen LogP contribution in [0.3, 0.4) is 0 Å². The highest BCUT2D eigenvalue weighted by molar-refractivity contribution is 7.99. The number of carboxylic acid groups (broad SMARTS) is 2. The SMILES string of the molecule is Cc1ccc(CCCCCCSCC(O)(CC(=O)O)C(=O)O)c(C)c1. The van der Waals surface area contributed by atoms with Gasteiger partial charge in [-0.1, -0.05) is 36.6 Å². The third-order valence-electron chi connectivity index (χ3n) is 4.17. The molecule has 0 aromatic heterocycles. The maximum absolute atomic E-state index is 11.0. The summed E-state index contributed by atoms with van der Waals surface area (Å²) in [6.45, 7) is 4.23. The Morgan fingerprint density at radius 1 is 1.08 bits per heavy atom. The van der Waals surface area contributed by atoms with Crippen molar-refractivity contribution in [1.82, 2.24) is 0 Å². The number of aliphatic hydroxyl groups is 1. The molecule has 0 spiro atoms. The zero-order chi connectivity index (χ0) is 18.9. The molecule has 3 N–H and O–H groups in total. The number of aryl methyl sites for hydroxylation is 3. The van der Waals surface area contributed by atoms with Crippen molar-refractivity contribution in [2.45, 2.75) is 58.0 Å². The van der Waals surface area contributed by atoms with E-state index in [1.54, 1.807) is 0 Å². The molecule has 0 amide bonds. The van der Waals surface area contributed by atoms with Crippen molar-refractivity contribution in [3.63, 3.8) is 0 Å². The minimum absolute atomic E-state index is 0.100. The Labute approximate surface area is 153 Å². The highest BCUT2D eigenvalue weighted by Gasteiger charge is 2.38.